The Kier molecular flexibility index (Phi) is 8.96. The van der Waals surface area contributed by atoms with Crippen molar-refractivity contribution in [3.63, 3.8) is 0 Å². The summed E-state index contributed by atoms with van der Waals surface area (Å²) in [6.45, 7) is 13.0. The van der Waals surface area contributed by atoms with Crippen LogP contribution in [0, 0.1) is 0 Å². The molecule has 0 radical (unpaired) electrons. The third-order valence-electron chi connectivity index (χ3n) is 7.57. The van der Waals surface area contributed by atoms with Crippen LogP contribution in [0.15, 0.2) is 72.9 Å². The highest BCUT2D eigenvalue weighted by Crippen LogP contribution is 2.37. The Morgan fingerprint density at radius 2 is 1.59 bits per heavy atom. The van der Waals surface area contributed by atoms with E-state index in [-0.39, 0.29) is 5.41 Å². The summed E-state index contributed by atoms with van der Waals surface area (Å²) in [7, 11) is 1.66. The van der Waals surface area contributed by atoms with Crippen LogP contribution in [0.5, 0.6) is 23.0 Å². The molecular formula is C34H41N3O4. The summed E-state index contributed by atoms with van der Waals surface area (Å²) in [6, 6.07) is 22.7. The molecule has 0 saturated carbocycles. The molecular weight excluding hydrogens is 514 g/mol. The first-order valence-corrected chi connectivity index (χ1v) is 14.4. The molecule has 1 saturated heterocycles. The molecule has 0 bridgehead atoms. The first-order valence-electron chi connectivity index (χ1n) is 14.4. The second-order valence-electron chi connectivity index (χ2n) is 11.5. The number of morpholine rings is 1. The third-order valence-corrected chi connectivity index (χ3v) is 7.57. The highest BCUT2D eigenvalue weighted by Gasteiger charge is 2.18. The van der Waals surface area contributed by atoms with Crippen LogP contribution >= 0.6 is 0 Å². The van der Waals surface area contributed by atoms with Gasteiger partial charge in [0.25, 0.3) is 0 Å². The van der Waals surface area contributed by atoms with E-state index in [9.17, 15) is 0 Å². The number of anilines is 2. The average molecular weight is 556 g/mol. The monoisotopic (exact) mass is 555 g/mol. The van der Waals surface area contributed by atoms with E-state index in [1.165, 1.54) is 5.56 Å². The second kappa shape index (κ2) is 12.8. The lowest BCUT2D eigenvalue weighted by Crippen LogP contribution is -2.42. The second-order valence-corrected chi connectivity index (χ2v) is 11.5. The van der Waals surface area contributed by atoms with Crippen LogP contribution in [0.2, 0.25) is 0 Å². The first kappa shape index (κ1) is 28.7. The number of rotatable bonds is 10. The molecule has 2 heterocycles. The number of pyridine rings is 1. The summed E-state index contributed by atoms with van der Waals surface area (Å²) in [4.78, 5) is 7.02. The smallest absolute Gasteiger partial charge is 0.163 e. The van der Waals surface area contributed by atoms with Gasteiger partial charge in [-0.15, -0.1) is 0 Å². The van der Waals surface area contributed by atoms with Gasteiger partial charge in [-0.25, -0.2) is 0 Å². The lowest BCUT2D eigenvalue weighted by atomic mass is 9.87. The molecule has 0 amide bonds. The Bertz CT molecular complexity index is 1430. The van der Waals surface area contributed by atoms with Crippen molar-refractivity contribution >= 4 is 22.3 Å². The average Bonchev–Trinajstić information content (AvgIpc) is 2.98. The topological polar surface area (TPSA) is 65.1 Å². The molecule has 3 aromatic carbocycles. The predicted octanol–water partition coefficient (Wildman–Crippen LogP) is 7.57. The number of nitrogens with one attached hydrogen (secondary N) is 1. The molecule has 1 fully saturated rings. The maximum absolute atomic E-state index is 6.29. The van der Waals surface area contributed by atoms with Crippen molar-refractivity contribution in [3.05, 3.63) is 78.5 Å². The summed E-state index contributed by atoms with van der Waals surface area (Å²) in [5.74, 6) is 2.79. The molecule has 216 valence electrons. The van der Waals surface area contributed by atoms with Gasteiger partial charge in [-0.3, -0.25) is 9.88 Å². The van der Waals surface area contributed by atoms with E-state index in [0.29, 0.717) is 29.9 Å². The standard InChI is InChI=1S/C34H41N3O4/c1-24(37-17-20-39-21-18-37)15-19-40-33-23-30-29(22-32(33)38-5)31(14-16-35-30)41-28-12-10-27(11-13-28)36-26-8-6-25(7-9-26)34(2,3)4/h6-14,16,22-24,36H,15,17-21H2,1-5H3. The zero-order valence-corrected chi connectivity index (χ0v) is 24.8. The largest absolute Gasteiger partial charge is 0.493 e. The predicted molar refractivity (Wildman–Crippen MR) is 165 cm³/mol. The van der Waals surface area contributed by atoms with Crippen molar-refractivity contribution < 1.29 is 18.9 Å². The molecule has 41 heavy (non-hydrogen) atoms. The molecule has 1 N–H and O–H groups in total. The quantitative estimate of drug-likeness (QED) is 0.217. The molecule has 1 aromatic heterocycles. The Labute approximate surface area is 243 Å². The van der Waals surface area contributed by atoms with Crippen molar-refractivity contribution in [1.29, 1.82) is 0 Å². The van der Waals surface area contributed by atoms with Gasteiger partial charge in [-0.05, 0) is 72.9 Å². The van der Waals surface area contributed by atoms with E-state index in [2.05, 4.69) is 67.2 Å². The molecule has 4 aromatic rings. The maximum atomic E-state index is 6.29. The number of hydrogen-bond donors (Lipinski definition) is 1. The number of methoxy groups -OCH3 is 1. The van der Waals surface area contributed by atoms with E-state index >= 15 is 0 Å². The maximum Gasteiger partial charge on any atom is 0.163 e. The lowest BCUT2D eigenvalue weighted by Gasteiger charge is -2.32. The SMILES string of the molecule is COc1cc2c(Oc3ccc(Nc4ccc(C(C)(C)C)cc4)cc3)ccnc2cc1OCCC(C)N1CCOCC1. The molecule has 1 unspecified atom stereocenters. The molecule has 0 spiro atoms. The van der Waals surface area contributed by atoms with Crippen molar-refractivity contribution in [1.82, 2.24) is 9.88 Å². The van der Waals surface area contributed by atoms with Crippen molar-refractivity contribution in [3.8, 4) is 23.0 Å². The third kappa shape index (κ3) is 7.29. The van der Waals surface area contributed by atoms with Crippen molar-refractivity contribution in [2.75, 3.05) is 45.3 Å². The Hall–Kier alpha value is -3.81. The normalized spacial score (nSPS) is 15.0. The van der Waals surface area contributed by atoms with E-state index in [4.69, 9.17) is 18.9 Å². The Morgan fingerprint density at radius 1 is 0.902 bits per heavy atom. The number of benzene rings is 3. The molecule has 0 aliphatic carbocycles. The lowest BCUT2D eigenvalue weighted by molar-refractivity contribution is 0.0161. The Morgan fingerprint density at radius 3 is 2.24 bits per heavy atom. The number of aromatic nitrogens is 1. The minimum atomic E-state index is 0.134. The van der Waals surface area contributed by atoms with Gasteiger partial charge in [0.1, 0.15) is 11.5 Å². The van der Waals surface area contributed by atoms with Crippen LogP contribution in [0.3, 0.4) is 0 Å². The zero-order chi connectivity index (χ0) is 28.8. The summed E-state index contributed by atoms with van der Waals surface area (Å²) in [6.07, 6.45) is 2.68. The van der Waals surface area contributed by atoms with E-state index in [1.54, 1.807) is 13.3 Å². The summed E-state index contributed by atoms with van der Waals surface area (Å²) in [5, 5.41) is 4.32. The van der Waals surface area contributed by atoms with E-state index in [0.717, 1.165) is 60.8 Å². The van der Waals surface area contributed by atoms with Crippen molar-refractivity contribution in [2.45, 2.75) is 45.6 Å². The number of nitrogens with zero attached hydrogens (tertiary/aromatic N) is 2. The van der Waals surface area contributed by atoms with Gasteiger partial charge in [0.05, 0.1) is 32.4 Å². The number of fused-ring (bicyclic) bond motifs is 1. The van der Waals surface area contributed by atoms with E-state index < -0.39 is 0 Å². The van der Waals surface area contributed by atoms with Gasteiger partial charge in [-0.1, -0.05) is 32.9 Å². The highest BCUT2D eigenvalue weighted by atomic mass is 16.5. The van der Waals surface area contributed by atoms with Gasteiger partial charge < -0.3 is 24.3 Å². The number of hydrogen-bond acceptors (Lipinski definition) is 7. The van der Waals surface area contributed by atoms with Gasteiger partial charge in [0.2, 0.25) is 0 Å². The van der Waals surface area contributed by atoms with Crippen LogP contribution in [0.1, 0.15) is 39.7 Å². The van der Waals surface area contributed by atoms with Crippen LogP contribution in [-0.2, 0) is 10.2 Å². The fourth-order valence-corrected chi connectivity index (χ4v) is 4.98. The molecule has 1 atom stereocenters. The van der Waals surface area contributed by atoms with Crippen LogP contribution in [-0.4, -0.2) is 55.9 Å². The zero-order valence-electron chi connectivity index (χ0n) is 24.8. The van der Waals surface area contributed by atoms with Crippen molar-refractivity contribution in [2.24, 2.45) is 0 Å². The highest BCUT2D eigenvalue weighted by molar-refractivity contribution is 5.88. The minimum absolute atomic E-state index is 0.134. The summed E-state index contributed by atoms with van der Waals surface area (Å²) in [5.41, 5.74) is 4.27. The Balaban J connectivity index is 1.24. The number of ether oxygens (including phenoxy) is 4. The van der Waals surface area contributed by atoms with Crippen LogP contribution in [0.25, 0.3) is 10.9 Å². The molecule has 1 aliphatic rings. The summed E-state index contributed by atoms with van der Waals surface area (Å²) >= 11 is 0. The van der Waals surface area contributed by atoms with E-state index in [1.807, 2.05) is 42.5 Å². The fourth-order valence-electron chi connectivity index (χ4n) is 4.98. The van der Waals surface area contributed by atoms with Gasteiger partial charge in [-0.2, -0.15) is 0 Å². The molecule has 5 rings (SSSR count). The van der Waals surface area contributed by atoms with Crippen LogP contribution < -0.4 is 19.5 Å². The minimum Gasteiger partial charge on any atom is -0.493 e. The molecule has 1 aliphatic heterocycles. The van der Waals surface area contributed by atoms with Gasteiger partial charge in [0, 0.05) is 48.2 Å². The molecule has 7 nitrogen and oxygen atoms in total. The fraction of sp³-hybridized carbons (Fsp3) is 0.382. The molecule has 7 heteroatoms. The van der Waals surface area contributed by atoms with Gasteiger partial charge in [0.15, 0.2) is 11.5 Å². The van der Waals surface area contributed by atoms with Crippen LogP contribution in [0.4, 0.5) is 11.4 Å². The summed E-state index contributed by atoms with van der Waals surface area (Å²) < 4.78 is 23.6. The van der Waals surface area contributed by atoms with Gasteiger partial charge >= 0.3 is 0 Å². The first-order chi connectivity index (χ1) is 19.8.